The number of para-hydroxylation sites is 1. The molecule has 16 heavy (non-hydrogen) atoms. The smallest absolute Gasteiger partial charge is 0.170 e. The van der Waals surface area contributed by atoms with Crippen molar-refractivity contribution in [2.75, 3.05) is 13.6 Å². The lowest BCUT2D eigenvalue weighted by Crippen LogP contribution is -2.05. The van der Waals surface area contributed by atoms with Crippen molar-refractivity contribution < 1.29 is 8.81 Å². The van der Waals surface area contributed by atoms with Crippen molar-refractivity contribution in [2.45, 2.75) is 6.42 Å². The highest BCUT2D eigenvalue weighted by Gasteiger charge is 2.05. The summed E-state index contributed by atoms with van der Waals surface area (Å²) in [6.07, 6.45) is 4.80. The number of halogens is 1. The van der Waals surface area contributed by atoms with Crippen LogP contribution in [-0.2, 0) is 0 Å². The van der Waals surface area contributed by atoms with Crippen LogP contribution in [0.4, 0.5) is 4.39 Å². The first-order chi connectivity index (χ1) is 7.81. The second-order valence-corrected chi connectivity index (χ2v) is 3.60. The molecule has 2 aromatic rings. The molecule has 1 N–H and O–H groups in total. The number of furan rings is 1. The standard InChI is InChI=1S/C13H14FNO/c1-15-8-3-2-6-11-9-10-5-4-7-12(14)13(10)16-11/h2,4-7,9,15H,3,8H2,1H3/b6-2+. The molecule has 0 aliphatic rings. The predicted molar refractivity (Wildman–Crippen MR) is 63.7 cm³/mol. The van der Waals surface area contributed by atoms with Crippen LogP contribution in [-0.4, -0.2) is 13.6 Å². The number of nitrogens with one attached hydrogen (secondary N) is 1. The SMILES string of the molecule is CNCC/C=C/c1cc2cccc(F)c2o1. The summed E-state index contributed by atoms with van der Waals surface area (Å²) in [4.78, 5) is 0. The third-order valence-electron chi connectivity index (χ3n) is 2.36. The lowest BCUT2D eigenvalue weighted by Gasteiger charge is -1.90. The first kappa shape index (κ1) is 10.9. The molecule has 2 rings (SSSR count). The van der Waals surface area contributed by atoms with Gasteiger partial charge in [0.05, 0.1) is 0 Å². The molecule has 0 bridgehead atoms. The van der Waals surface area contributed by atoms with Crippen LogP contribution in [0.1, 0.15) is 12.2 Å². The van der Waals surface area contributed by atoms with E-state index in [4.69, 9.17) is 4.42 Å². The molecule has 1 aromatic carbocycles. The highest BCUT2D eigenvalue weighted by atomic mass is 19.1. The van der Waals surface area contributed by atoms with E-state index in [0.717, 1.165) is 18.4 Å². The first-order valence-corrected chi connectivity index (χ1v) is 5.30. The molecule has 0 radical (unpaired) electrons. The van der Waals surface area contributed by atoms with Gasteiger partial charge < -0.3 is 9.73 Å². The molecule has 0 amide bonds. The number of benzene rings is 1. The molecule has 1 aromatic heterocycles. The average molecular weight is 219 g/mol. The summed E-state index contributed by atoms with van der Waals surface area (Å²) >= 11 is 0. The highest BCUT2D eigenvalue weighted by Crippen LogP contribution is 2.22. The van der Waals surface area contributed by atoms with Gasteiger partial charge in [-0.2, -0.15) is 0 Å². The van der Waals surface area contributed by atoms with E-state index in [1.165, 1.54) is 6.07 Å². The molecule has 0 atom stereocenters. The van der Waals surface area contributed by atoms with Gasteiger partial charge in [0.2, 0.25) is 0 Å². The second kappa shape index (κ2) is 4.94. The molecule has 1 heterocycles. The van der Waals surface area contributed by atoms with E-state index >= 15 is 0 Å². The Balaban J connectivity index is 2.20. The van der Waals surface area contributed by atoms with E-state index in [0.29, 0.717) is 11.3 Å². The molecule has 0 saturated heterocycles. The Morgan fingerprint density at radius 1 is 1.44 bits per heavy atom. The van der Waals surface area contributed by atoms with Crippen LogP contribution < -0.4 is 5.32 Å². The Hall–Kier alpha value is -1.61. The monoisotopic (exact) mass is 219 g/mol. The Kier molecular flexibility index (Phi) is 3.37. The molecular weight excluding hydrogens is 205 g/mol. The molecule has 0 saturated carbocycles. The van der Waals surface area contributed by atoms with Crippen LogP contribution in [0.5, 0.6) is 0 Å². The molecule has 2 nitrogen and oxygen atoms in total. The maximum absolute atomic E-state index is 13.3. The lowest BCUT2D eigenvalue weighted by atomic mass is 10.2. The number of fused-ring (bicyclic) bond motifs is 1. The normalized spacial score (nSPS) is 11.6. The fraction of sp³-hybridized carbons (Fsp3) is 0.231. The quantitative estimate of drug-likeness (QED) is 0.799. The molecule has 0 aliphatic carbocycles. The Morgan fingerprint density at radius 2 is 2.31 bits per heavy atom. The third kappa shape index (κ3) is 2.31. The molecule has 0 spiro atoms. The summed E-state index contributed by atoms with van der Waals surface area (Å²) in [5, 5.41) is 3.85. The second-order valence-electron chi connectivity index (χ2n) is 3.60. The maximum atomic E-state index is 13.3. The fourth-order valence-electron chi connectivity index (χ4n) is 1.56. The molecule has 3 heteroatoms. The number of rotatable bonds is 4. The molecule has 84 valence electrons. The van der Waals surface area contributed by atoms with Crippen molar-refractivity contribution in [1.82, 2.24) is 5.32 Å². The van der Waals surface area contributed by atoms with E-state index in [2.05, 4.69) is 5.32 Å². The van der Waals surface area contributed by atoms with Gasteiger partial charge in [0, 0.05) is 5.39 Å². The zero-order chi connectivity index (χ0) is 11.4. The van der Waals surface area contributed by atoms with Crippen LogP contribution in [0.3, 0.4) is 0 Å². The van der Waals surface area contributed by atoms with Crippen molar-refractivity contribution in [2.24, 2.45) is 0 Å². The van der Waals surface area contributed by atoms with Crippen LogP contribution in [0.2, 0.25) is 0 Å². The number of hydrogen-bond donors (Lipinski definition) is 1. The van der Waals surface area contributed by atoms with Crippen LogP contribution in [0, 0.1) is 5.82 Å². The zero-order valence-electron chi connectivity index (χ0n) is 9.16. The van der Waals surface area contributed by atoms with Crippen molar-refractivity contribution in [3.8, 4) is 0 Å². The average Bonchev–Trinajstić information content (AvgIpc) is 2.69. The topological polar surface area (TPSA) is 25.2 Å². The fourth-order valence-corrected chi connectivity index (χ4v) is 1.56. The van der Waals surface area contributed by atoms with Gasteiger partial charge in [0.15, 0.2) is 11.4 Å². The highest BCUT2D eigenvalue weighted by molar-refractivity contribution is 5.80. The summed E-state index contributed by atoms with van der Waals surface area (Å²) in [5.74, 6) is 0.378. The van der Waals surface area contributed by atoms with Gasteiger partial charge in [0.25, 0.3) is 0 Å². The zero-order valence-corrected chi connectivity index (χ0v) is 9.16. The molecule has 0 fully saturated rings. The first-order valence-electron chi connectivity index (χ1n) is 5.30. The Labute approximate surface area is 93.8 Å². The van der Waals surface area contributed by atoms with E-state index in [1.54, 1.807) is 6.07 Å². The van der Waals surface area contributed by atoms with Crippen molar-refractivity contribution in [3.63, 3.8) is 0 Å². The van der Waals surface area contributed by atoms with Crippen LogP contribution in [0.15, 0.2) is 34.8 Å². The minimum absolute atomic E-state index is 0.313. The van der Waals surface area contributed by atoms with Gasteiger partial charge in [-0.25, -0.2) is 4.39 Å². The summed E-state index contributed by atoms with van der Waals surface area (Å²) in [7, 11) is 1.91. The van der Waals surface area contributed by atoms with Gasteiger partial charge in [0.1, 0.15) is 5.76 Å². The summed E-state index contributed by atoms with van der Waals surface area (Å²) in [6, 6.07) is 6.77. The minimum Gasteiger partial charge on any atom is -0.454 e. The molecule has 0 unspecified atom stereocenters. The predicted octanol–water partition coefficient (Wildman–Crippen LogP) is 3.19. The van der Waals surface area contributed by atoms with Gasteiger partial charge in [-0.1, -0.05) is 18.2 Å². The largest absolute Gasteiger partial charge is 0.454 e. The van der Waals surface area contributed by atoms with Crippen LogP contribution >= 0.6 is 0 Å². The molecular formula is C13H14FNO. The minimum atomic E-state index is -0.313. The lowest BCUT2D eigenvalue weighted by molar-refractivity contribution is 0.554. The van der Waals surface area contributed by atoms with Gasteiger partial charge >= 0.3 is 0 Å². The van der Waals surface area contributed by atoms with E-state index in [9.17, 15) is 4.39 Å². The summed E-state index contributed by atoms with van der Waals surface area (Å²) in [6.45, 7) is 0.922. The van der Waals surface area contributed by atoms with Crippen LogP contribution in [0.25, 0.3) is 17.0 Å². The maximum Gasteiger partial charge on any atom is 0.170 e. The van der Waals surface area contributed by atoms with Crippen molar-refractivity contribution >= 4 is 17.0 Å². The van der Waals surface area contributed by atoms with Gasteiger partial charge in [-0.3, -0.25) is 0 Å². The summed E-state index contributed by atoms with van der Waals surface area (Å²) < 4.78 is 18.7. The Bertz CT molecular complexity index is 502. The number of hydrogen-bond acceptors (Lipinski definition) is 2. The van der Waals surface area contributed by atoms with E-state index in [1.807, 2.05) is 31.3 Å². The van der Waals surface area contributed by atoms with Crippen molar-refractivity contribution in [3.05, 3.63) is 41.9 Å². The van der Waals surface area contributed by atoms with Gasteiger partial charge in [-0.15, -0.1) is 0 Å². The van der Waals surface area contributed by atoms with Crippen molar-refractivity contribution in [1.29, 1.82) is 0 Å². The molecule has 0 aliphatic heterocycles. The third-order valence-corrected chi connectivity index (χ3v) is 2.36. The van der Waals surface area contributed by atoms with Gasteiger partial charge in [-0.05, 0) is 38.2 Å². The van der Waals surface area contributed by atoms with E-state index < -0.39 is 0 Å². The Morgan fingerprint density at radius 3 is 3.06 bits per heavy atom. The summed E-state index contributed by atoms with van der Waals surface area (Å²) in [5.41, 5.74) is 0.329. The van der Waals surface area contributed by atoms with E-state index in [-0.39, 0.29) is 5.82 Å².